The van der Waals surface area contributed by atoms with Gasteiger partial charge in [0.05, 0.1) is 5.92 Å². The van der Waals surface area contributed by atoms with Crippen molar-refractivity contribution in [1.82, 2.24) is 4.98 Å². The summed E-state index contributed by atoms with van der Waals surface area (Å²) in [5.41, 5.74) is 1.95. The molecule has 1 aliphatic rings. The van der Waals surface area contributed by atoms with Crippen LogP contribution < -0.4 is 0 Å². The van der Waals surface area contributed by atoms with E-state index in [9.17, 15) is 4.79 Å². The number of hydrogen-bond acceptors (Lipinski definition) is 3. The van der Waals surface area contributed by atoms with Crippen molar-refractivity contribution in [3.05, 3.63) is 40.7 Å². The number of pyridine rings is 1. The van der Waals surface area contributed by atoms with E-state index < -0.39 is 0 Å². The second kappa shape index (κ2) is 5.57. The van der Waals surface area contributed by atoms with Crippen LogP contribution in [-0.2, 0) is 16.1 Å². The Hall–Kier alpha value is -1.35. The minimum absolute atomic E-state index is 0.0207. The van der Waals surface area contributed by atoms with Crippen LogP contribution in [0, 0.1) is 17.3 Å². The van der Waals surface area contributed by atoms with Gasteiger partial charge in [-0.3, -0.25) is 4.79 Å². The molecule has 4 heteroatoms. The molecule has 0 saturated heterocycles. The Morgan fingerprint density at radius 3 is 2.80 bits per heavy atom. The number of rotatable bonds is 4. The molecule has 3 nitrogen and oxygen atoms in total. The number of hydrogen-bond donors (Lipinski definition) is 0. The molecule has 2 atom stereocenters. The lowest BCUT2D eigenvalue weighted by atomic mass is 10.1. The SMILES string of the molecule is CC(C)=CC1C(C(=O)OCc2cccnc2Cl)C1(C)C. The Balaban J connectivity index is 1.97. The van der Waals surface area contributed by atoms with Crippen molar-refractivity contribution in [3.8, 4) is 0 Å². The molecular formula is C16H20ClNO2. The third-order valence-electron chi connectivity index (χ3n) is 3.88. The van der Waals surface area contributed by atoms with Crippen molar-refractivity contribution >= 4 is 17.6 Å². The number of nitrogens with zero attached hydrogens (tertiary/aromatic N) is 1. The highest BCUT2D eigenvalue weighted by molar-refractivity contribution is 6.30. The second-order valence-electron chi connectivity index (χ2n) is 6.13. The van der Waals surface area contributed by atoms with Crippen LogP contribution >= 0.6 is 11.6 Å². The molecule has 0 N–H and O–H groups in total. The van der Waals surface area contributed by atoms with Gasteiger partial charge in [0.25, 0.3) is 0 Å². The smallest absolute Gasteiger partial charge is 0.310 e. The molecule has 0 spiro atoms. The van der Waals surface area contributed by atoms with Crippen LogP contribution in [0.3, 0.4) is 0 Å². The fraction of sp³-hybridized carbons (Fsp3) is 0.500. The summed E-state index contributed by atoms with van der Waals surface area (Å²) >= 11 is 5.94. The van der Waals surface area contributed by atoms with Crippen LogP contribution in [-0.4, -0.2) is 11.0 Å². The summed E-state index contributed by atoms with van der Waals surface area (Å²) in [5.74, 6) is 0.0506. The van der Waals surface area contributed by atoms with Crippen LogP contribution in [0.15, 0.2) is 30.0 Å². The van der Waals surface area contributed by atoms with E-state index in [0.717, 1.165) is 5.56 Å². The van der Waals surface area contributed by atoms with Gasteiger partial charge in [0.1, 0.15) is 11.8 Å². The third-order valence-corrected chi connectivity index (χ3v) is 4.22. The minimum atomic E-state index is -0.155. The lowest BCUT2D eigenvalue weighted by Crippen LogP contribution is -2.11. The lowest BCUT2D eigenvalue weighted by Gasteiger charge is -2.06. The van der Waals surface area contributed by atoms with Gasteiger partial charge in [0.2, 0.25) is 0 Å². The summed E-state index contributed by atoms with van der Waals surface area (Å²) in [5, 5.41) is 0.385. The molecule has 1 fully saturated rings. The molecule has 0 radical (unpaired) electrons. The van der Waals surface area contributed by atoms with Crippen molar-refractivity contribution < 1.29 is 9.53 Å². The summed E-state index contributed by atoms with van der Waals surface area (Å²) in [4.78, 5) is 16.1. The highest BCUT2D eigenvalue weighted by atomic mass is 35.5. The van der Waals surface area contributed by atoms with E-state index in [1.807, 2.05) is 19.9 Å². The highest BCUT2D eigenvalue weighted by Crippen LogP contribution is 2.59. The zero-order chi connectivity index (χ0) is 14.9. The van der Waals surface area contributed by atoms with Gasteiger partial charge in [-0.15, -0.1) is 0 Å². The Kier molecular flexibility index (Phi) is 4.19. The van der Waals surface area contributed by atoms with Crippen molar-refractivity contribution in [1.29, 1.82) is 0 Å². The number of carbonyl (C=O) groups excluding carboxylic acids is 1. The van der Waals surface area contributed by atoms with E-state index in [4.69, 9.17) is 16.3 Å². The molecule has 0 amide bonds. The summed E-state index contributed by atoms with van der Waals surface area (Å²) in [6, 6.07) is 3.59. The molecule has 1 aliphatic carbocycles. The van der Waals surface area contributed by atoms with Gasteiger partial charge in [-0.2, -0.15) is 0 Å². The van der Waals surface area contributed by atoms with Crippen LogP contribution in [0.1, 0.15) is 33.3 Å². The number of esters is 1. The standard InChI is InChI=1S/C16H20ClNO2/c1-10(2)8-12-13(16(12,3)4)15(19)20-9-11-6-5-7-18-14(11)17/h5-8,12-13H,9H2,1-4H3. The molecule has 2 rings (SSSR count). The first-order valence-corrected chi connectivity index (χ1v) is 7.13. The van der Waals surface area contributed by atoms with Crippen LogP contribution in [0.4, 0.5) is 0 Å². The Bertz CT molecular complexity index is 547. The topological polar surface area (TPSA) is 39.2 Å². The molecule has 0 bridgehead atoms. The summed E-state index contributed by atoms with van der Waals surface area (Å²) in [6.45, 7) is 8.47. The minimum Gasteiger partial charge on any atom is -0.460 e. The number of carbonyl (C=O) groups is 1. The number of allylic oxidation sites excluding steroid dienone is 2. The molecule has 0 aromatic carbocycles. The van der Waals surface area contributed by atoms with Crippen molar-refractivity contribution in [2.45, 2.75) is 34.3 Å². The number of ether oxygens (including phenoxy) is 1. The molecule has 1 aromatic rings. The zero-order valence-electron chi connectivity index (χ0n) is 12.3. The van der Waals surface area contributed by atoms with Gasteiger partial charge in [0, 0.05) is 11.8 Å². The van der Waals surface area contributed by atoms with Gasteiger partial charge < -0.3 is 4.74 Å². The Labute approximate surface area is 125 Å². The maximum atomic E-state index is 12.2. The largest absolute Gasteiger partial charge is 0.460 e. The average molecular weight is 294 g/mol. The maximum absolute atomic E-state index is 12.2. The predicted molar refractivity (Wildman–Crippen MR) is 79.2 cm³/mol. The fourth-order valence-corrected chi connectivity index (χ4v) is 2.74. The second-order valence-corrected chi connectivity index (χ2v) is 6.49. The molecule has 20 heavy (non-hydrogen) atoms. The molecule has 1 saturated carbocycles. The van der Waals surface area contributed by atoms with Crippen LogP contribution in [0.5, 0.6) is 0 Å². The first kappa shape index (κ1) is 15.0. The summed E-state index contributed by atoms with van der Waals surface area (Å²) in [6.07, 6.45) is 3.77. The molecule has 0 aliphatic heterocycles. The number of halogens is 1. The van der Waals surface area contributed by atoms with Gasteiger partial charge in [0.15, 0.2) is 0 Å². The van der Waals surface area contributed by atoms with Gasteiger partial charge >= 0.3 is 5.97 Å². The molecule has 2 unspecified atom stereocenters. The van der Waals surface area contributed by atoms with Gasteiger partial charge in [-0.1, -0.05) is 43.2 Å². The van der Waals surface area contributed by atoms with E-state index in [0.29, 0.717) is 5.15 Å². The quantitative estimate of drug-likeness (QED) is 0.478. The predicted octanol–water partition coefficient (Wildman–Crippen LogP) is 4.02. The first-order chi connectivity index (χ1) is 9.34. The normalized spacial score (nSPS) is 23.1. The third kappa shape index (κ3) is 3.04. The zero-order valence-corrected chi connectivity index (χ0v) is 13.1. The summed E-state index contributed by atoms with van der Waals surface area (Å²) in [7, 11) is 0. The van der Waals surface area contributed by atoms with E-state index in [-0.39, 0.29) is 29.8 Å². The average Bonchev–Trinajstić information content (AvgIpc) is 2.88. The van der Waals surface area contributed by atoms with Crippen molar-refractivity contribution in [3.63, 3.8) is 0 Å². The maximum Gasteiger partial charge on any atom is 0.310 e. The van der Waals surface area contributed by atoms with Crippen molar-refractivity contribution in [2.24, 2.45) is 17.3 Å². The summed E-state index contributed by atoms with van der Waals surface area (Å²) < 4.78 is 5.39. The van der Waals surface area contributed by atoms with E-state index in [1.54, 1.807) is 12.3 Å². The van der Waals surface area contributed by atoms with E-state index >= 15 is 0 Å². The monoisotopic (exact) mass is 293 g/mol. The molecule has 108 valence electrons. The van der Waals surface area contributed by atoms with E-state index in [2.05, 4.69) is 24.9 Å². The van der Waals surface area contributed by atoms with Crippen LogP contribution in [0.2, 0.25) is 5.15 Å². The fourth-order valence-electron chi connectivity index (χ4n) is 2.56. The van der Waals surface area contributed by atoms with Gasteiger partial charge in [-0.05, 0) is 31.2 Å². The Morgan fingerprint density at radius 1 is 1.50 bits per heavy atom. The highest BCUT2D eigenvalue weighted by Gasteiger charge is 2.61. The molecule has 1 aromatic heterocycles. The van der Waals surface area contributed by atoms with Crippen molar-refractivity contribution in [2.75, 3.05) is 0 Å². The van der Waals surface area contributed by atoms with Gasteiger partial charge in [-0.25, -0.2) is 4.98 Å². The molecule has 1 heterocycles. The first-order valence-electron chi connectivity index (χ1n) is 6.75. The molecular weight excluding hydrogens is 274 g/mol. The Morgan fingerprint density at radius 2 is 2.20 bits per heavy atom. The van der Waals surface area contributed by atoms with E-state index in [1.165, 1.54) is 5.57 Å². The van der Waals surface area contributed by atoms with Crippen LogP contribution in [0.25, 0.3) is 0 Å². The number of aromatic nitrogens is 1. The lowest BCUT2D eigenvalue weighted by molar-refractivity contribution is -0.147.